The average Bonchev–Trinajstić information content (AvgIpc) is 2.93. The van der Waals surface area contributed by atoms with E-state index in [-0.39, 0.29) is 6.61 Å². The fraction of sp³-hybridized carbons (Fsp3) is 0.600. The van der Waals surface area contributed by atoms with Crippen LogP contribution in [0.3, 0.4) is 0 Å². The normalized spacial score (nSPS) is 12.6. The molecule has 116 valence electrons. The first-order valence-electron chi connectivity index (χ1n) is 7.50. The molecule has 0 amide bonds. The minimum atomic E-state index is 0.256. The zero-order valence-corrected chi connectivity index (χ0v) is 13.8. The van der Waals surface area contributed by atoms with Crippen molar-refractivity contribution in [1.29, 1.82) is 0 Å². The van der Waals surface area contributed by atoms with Gasteiger partial charge in [-0.15, -0.1) is 11.3 Å². The van der Waals surface area contributed by atoms with Crippen molar-refractivity contribution >= 4 is 33.3 Å². The summed E-state index contributed by atoms with van der Waals surface area (Å²) in [7, 11) is 1.84. The lowest BCUT2D eigenvalue weighted by atomic mass is 10.1. The van der Waals surface area contributed by atoms with E-state index < -0.39 is 0 Å². The van der Waals surface area contributed by atoms with Crippen LogP contribution in [0.5, 0.6) is 0 Å². The number of aromatic nitrogens is 2. The predicted octanol–water partition coefficient (Wildman–Crippen LogP) is 3.12. The molecular formula is C15H24N4OS. The number of hydrogen-bond acceptors (Lipinski definition) is 6. The maximum atomic E-state index is 9.04. The Balaban J connectivity index is 2.11. The Morgan fingerprint density at radius 3 is 2.86 bits per heavy atom. The summed E-state index contributed by atoms with van der Waals surface area (Å²) in [6.07, 6.45) is 3.05. The van der Waals surface area contributed by atoms with Crippen molar-refractivity contribution in [2.75, 3.05) is 30.8 Å². The Kier molecular flexibility index (Phi) is 5.76. The van der Waals surface area contributed by atoms with E-state index in [1.165, 1.54) is 4.88 Å². The number of hydrogen-bond donors (Lipinski definition) is 3. The van der Waals surface area contributed by atoms with Gasteiger partial charge in [0.1, 0.15) is 10.6 Å². The maximum absolute atomic E-state index is 9.04. The van der Waals surface area contributed by atoms with Gasteiger partial charge in [-0.2, -0.15) is 4.98 Å². The summed E-state index contributed by atoms with van der Waals surface area (Å²) >= 11 is 1.72. The molecule has 0 fully saturated rings. The summed E-state index contributed by atoms with van der Waals surface area (Å²) in [5, 5.41) is 16.6. The number of anilines is 2. The summed E-state index contributed by atoms with van der Waals surface area (Å²) in [5.41, 5.74) is 0. The molecule has 0 saturated carbocycles. The number of thiophene rings is 1. The van der Waals surface area contributed by atoms with E-state index in [1.54, 1.807) is 11.3 Å². The number of aryl methyl sites for hydroxylation is 1. The van der Waals surface area contributed by atoms with Crippen LogP contribution in [0.1, 0.15) is 31.6 Å². The van der Waals surface area contributed by atoms with Crippen LogP contribution in [0.4, 0.5) is 11.8 Å². The molecule has 2 rings (SSSR count). The molecule has 0 spiro atoms. The number of fused-ring (bicyclic) bond motifs is 1. The number of rotatable bonds is 8. The molecule has 0 saturated heterocycles. The van der Waals surface area contributed by atoms with Crippen LogP contribution in [0, 0.1) is 5.92 Å². The van der Waals surface area contributed by atoms with Crippen molar-refractivity contribution in [2.45, 2.75) is 33.1 Å². The fourth-order valence-corrected chi connectivity index (χ4v) is 3.11. The number of aliphatic hydroxyl groups excluding tert-OH is 1. The van der Waals surface area contributed by atoms with Gasteiger partial charge in [0.2, 0.25) is 5.95 Å². The van der Waals surface area contributed by atoms with Gasteiger partial charge >= 0.3 is 0 Å². The second-order valence-electron chi connectivity index (χ2n) is 5.29. The van der Waals surface area contributed by atoms with E-state index in [1.807, 2.05) is 7.05 Å². The van der Waals surface area contributed by atoms with Gasteiger partial charge in [0.25, 0.3) is 0 Å². The molecule has 0 bridgehead atoms. The second-order valence-corrected chi connectivity index (χ2v) is 6.40. The van der Waals surface area contributed by atoms with Crippen LogP contribution in [0.25, 0.3) is 10.2 Å². The molecule has 21 heavy (non-hydrogen) atoms. The molecule has 0 aromatic carbocycles. The topological polar surface area (TPSA) is 70.1 Å². The van der Waals surface area contributed by atoms with Crippen molar-refractivity contribution in [3.05, 3.63) is 10.9 Å². The first-order chi connectivity index (χ1) is 10.2. The Labute approximate surface area is 129 Å². The van der Waals surface area contributed by atoms with Gasteiger partial charge in [-0.1, -0.05) is 13.8 Å². The molecule has 2 aromatic heterocycles. The quantitative estimate of drug-likeness (QED) is 0.654. The summed E-state index contributed by atoms with van der Waals surface area (Å²) in [5.74, 6) is 1.91. The van der Waals surface area contributed by atoms with Gasteiger partial charge < -0.3 is 15.7 Å². The third-order valence-corrected chi connectivity index (χ3v) is 4.67. The number of aliphatic hydroxyl groups is 1. The van der Waals surface area contributed by atoms with Crippen LogP contribution in [-0.4, -0.2) is 35.3 Å². The van der Waals surface area contributed by atoms with Crippen molar-refractivity contribution in [3.63, 3.8) is 0 Å². The zero-order valence-electron chi connectivity index (χ0n) is 12.9. The molecule has 1 atom stereocenters. The SMILES string of the molecule is CCc1cc2c(NCCCC(C)CO)nc(NC)nc2s1. The smallest absolute Gasteiger partial charge is 0.225 e. The highest BCUT2D eigenvalue weighted by molar-refractivity contribution is 7.18. The molecule has 0 aliphatic rings. The van der Waals surface area contributed by atoms with Gasteiger partial charge in [-0.05, 0) is 31.2 Å². The molecule has 0 radical (unpaired) electrons. The second kappa shape index (κ2) is 7.56. The van der Waals surface area contributed by atoms with E-state index in [0.29, 0.717) is 11.9 Å². The van der Waals surface area contributed by atoms with Gasteiger partial charge in [0, 0.05) is 25.1 Å². The Bertz CT molecular complexity index is 584. The first kappa shape index (κ1) is 16.0. The van der Waals surface area contributed by atoms with E-state index in [4.69, 9.17) is 5.11 Å². The third kappa shape index (κ3) is 4.04. The third-order valence-electron chi connectivity index (χ3n) is 3.49. The van der Waals surface area contributed by atoms with Crippen molar-refractivity contribution in [3.8, 4) is 0 Å². The average molecular weight is 308 g/mol. The molecule has 0 aliphatic heterocycles. The van der Waals surface area contributed by atoms with Gasteiger partial charge in [0.15, 0.2) is 0 Å². The summed E-state index contributed by atoms with van der Waals surface area (Å²) in [6, 6.07) is 2.18. The van der Waals surface area contributed by atoms with E-state index in [2.05, 4.69) is 40.5 Å². The molecule has 0 aliphatic carbocycles. The molecule has 1 unspecified atom stereocenters. The van der Waals surface area contributed by atoms with E-state index >= 15 is 0 Å². The van der Waals surface area contributed by atoms with Crippen molar-refractivity contribution < 1.29 is 5.11 Å². The Hall–Kier alpha value is -1.40. The molecule has 3 N–H and O–H groups in total. The lowest BCUT2D eigenvalue weighted by Crippen LogP contribution is -2.08. The maximum Gasteiger partial charge on any atom is 0.225 e. The minimum absolute atomic E-state index is 0.256. The van der Waals surface area contributed by atoms with Crippen molar-refractivity contribution in [2.24, 2.45) is 5.92 Å². The largest absolute Gasteiger partial charge is 0.396 e. The van der Waals surface area contributed by atoms with E-state index in [9.17, 15) is 0 Å². The highest BCUT2D eigenvalue weighted by atomic mass is 32.1. The first-order valence-corrected chi connectivity index (χ1v) is 8.32. The molecule has 5 nitrogen and oxygen atoms in total. The molecule has 2 heterocycles. The van der Waals surface area contributed by atoms with Crippen molar-refractivity contribution in [1.82, 2.24) is 9.97 Å². The fourth-order valence-electron chi connectivity index (χ4n) is 2.14. The van der Waals surface area contributed by atoms with Gasteiger partial charge in [0.05, 0.1) is 5.39 Å². The van der Waals surface area contributed by atoms with Crippen LogP contribution in [-0.2, 0) is 6.42 Å². The number of nitrogens with one attached hydrogen (secondary N) is 2. The monoisotopic (exact) mass is 308 g/mol. The standard InChI is InChI=1S/C15H24N4OS/c1-4-11-8-12-13(17-7-5-6-10(2)9-20)18-15(16-3)19-14(12)21-11/h8,10,20H,4-7,9H2,1-3H3,(H2,16,17,18,19). The highest BCUT2D eigenvalue weighted by Crippen LogP contribution is 2.30. The number of nitrogens with zero attached hydrogens (tertiary/aromatic N) is 2. The summed E-state index contributed by atoms with van der Waals surface area (Å²) in [4.78, 5) is 11.4. The van der Waals surface area contributed by atoms with Crippen LogP contribution in [0.15, 0.2) is 6.07 Å². The molecule has 2 aromatic rings. The summed E-state index contributed by atoms with van der Waals surface area (Å²) in [6.45, 7) is 5.33. The zero-order chi connectivity index (χ0) is 15.2. The van der Waals surface area contributed by atoms with Crippen LogP contribution >= 0.6 is 11.3 Å². The van der Waals surface area contributed by atoms with Gasteiger partial charge in [-0.25, -0.2) is 4.98 Å². The predicted molar refractivity (Wildman–Crippen MR) is 90.3 cm³/mol. The summed E-state index contributed by atoms with van der Waals surface area (Å²) < 4.78 is 0. The Morgan fingerprint density at radius 2 is 2.19 bits per heavy atom. The molecular weight excluding hydrogens is 284 g/mol. The van der Waals surface area contributed by atoms with Gasteiger partial charge in [-0.3, -0.25) is 0 Å². The van der Waals surface area contributed by atoms with Crippen LogP contribution in [0.2, 0.25) is 0 Å². The highest BCUT2D eigenvalue weighted by Gasteiger charge is 2.10. The lowest BCUT2D eigenvalue weighted by Gasteiger charge is -2.10. The van der Waals surface area contributed by atoms with Crippen LogP contribution < -0.4 is 10.6 Å². The lowest BCUT2D eigenvalue weighted by molar-refractivity contribution is 0.229. The van der Waals surface area contributed by atoms with E-state index in [0.717, 1.165) is 41.8 Å². The Morgan fingerprint density at radius 1 is 1.38 bits per heavy atom. The minimum Gasteiger partial charge on any atom is -0.396 e. The molecule has 6 heteroatoms.